The first-order valence-corrected chi connectivity index (χ1v) is 9.95. The first-order valence-electron chi connectivity index (χ1n) is 9.19. The maximum absolute atomic E-state index is 9.65. The zero-order valence-corrected chi connectivity index (χ0v) is 16.4. The van der Waals surface area contributed by atoms with Gasteiger partial charge in [-0.1, -0.05) is 59.6 Å². The van der Waals surface area contributed by atoms with E-state index in [-0.39, 0.29) is 17.7 Å². The fourth-order valence-corrected chi connectivity index (χ4v) is 4.77. The topological polar surface area (TPSA) is 48.0 Å². The summed E-state index contributed by atoms with van der Waals surface area (Å²) in [6.07, 6.45) is 0. The molecule has 3 nitrogen and oxygen atoms in total. The summed E-state index contributed by atoms with van der Waals surface area (Å²) < 4.78 is 0. The second-order valence-corrected chi connectivity index (χ2v) is 7.99. The van der Waals surface area contributed by atoms with Crippen molar-refractivity contribution in [2.45, 2.75) is 12.0 Å². The molecule has 1 aliphatic heterocycles. The van der Waals surface area contributed by atoms with E-state index in [0.717, 1.165) is 28.9 Å². The van der Waals surface area contributed by atoms with Crippen molar-refractivity contribution in [3.8, 4) is 5.75 Å². The van der Waals surface area contributed by atoms with Crippen molar-refractivity contribution in [1.82, 2.24) is 10.3 Å². The number of phenolic OH excluding ortho intramolecular Hbond substituents is 1. The Kier molecular flexibility index (Phi) is 4.31. The van der Waals surface area contributed by atoms with Gasteiger partial charge in [0.25, 0.3) is 0 Å². The fraction of sp³-hybridized carbons (Fsp3) is 0.130. The molecule has 0 radical (unpaired) electrons. The van der Waals surface area contributed by atoms with E-state index >= 15 is 0 Å². The standard InChI is InChI=1S/C23H18Cl2N2O/c24-14-7-10-16(19(25)11-14)18-12-26-22(13-5-8-15(28)9-6-13)23-21(18)17-3-1-2-4-20(17)27-23/h1-11,18,22,26-28H,12H2/t18-,22-/m0/s1. The van der Waals surface area contributed by atoms with Crippen LogP contribution < -0.4 is 5.32 Å². The highest BCUT2D eigenvalue weighted by Crippen LogP contribution is 2.43. The number of hydrogen-bond donors (Lipinski definition) is 3. The van der Waals surface area contributed by atoms with Gasteiger partial charge >= 0.3 is 0 Å². The zero-order chi connectivity index (χ0) is 19.3. The molecule has 28 heavy (non-hydrogen) atoms. The molecule has 2 heterocycles. The van der Waals surface area contributed by atoms with Gasteiger partial charge in [-0.05, 0) is 47.0 Å². The van der Waals surface area contributed by atoms with Gasteiger partial charge in [-0.15, -0.1) is 0 Å². The van der Waals surface area contributed by atoms with Crippen LogP contribution in [0, 0.1) is 0 Å². The highest BCUT2D eigenvalue weighted by Gasteiger charge is 2.33. The van der Waals surface area contributed by atoms with Crippen molar-refractivity contribution in [2.24, 2.45) is 0 Å². The maximum Gasteiger partial charge on any atom is 0.115 e. The minimum absolute atomic E-state index is 0.0188. The predicted molar refractivity (Wildman–Crippen MR) is 115 cm³/mol. The summed E-state index contributed by atoms with van der Waals surface area (Å²) in [6, 6.07) is 21.4. The molecular weight excluding hydrogens is 391 g/mol. The molecule has 0 spiro atoms. The Labute approximate surface area is 172 Å². The number of benzene rings is 3. The molecule has 0 amide bonds. The van der Waals surface area contributed by atoms with Crippen LogP contribution in [0.3, 0.4) is 0 Å². The van der Waals surface area contributed by atoms with Gasteiger partial charge in [-0.3, -0.25) is 0 Å². The van der Waals surface area contributed by atoms with E-state index in [2.05, 4.69) is 28.5 Å². The molecule has 5 rings (SSSR count). The lowest BCUT2D eigenvalue weighted by atomic mass is 9.83. The Morgan fingerprint density at radius 1 is 0.929 bits per heavy atom. The number of aromatic nitrogens is 1. The number of aromatic hydroxyl groups is 1. The van der Waals surface area contributed by atoms with E-state index < -0.39 is 0 Å². The Balaban J connectivity index is 1.71. The van der Waals surface area contributed by atoms with Gasteiger partial charge in [0.2, 0.25) is 0 Å². The van der Waals surface area contributed by atoms with Crippen molar-refractivity contribution >= 4 is 34.1 Å². The molecule has 140 valence electrons. The Morgan fingerprint density at radius 2 is 1.71 bits per heavy atom. The first kappa shape index (κ1) is 17.6. The number of halogens is 2. The summed E-state index contributed by atoms with van der Waals surface area (Å²) in [5.74, 6) is 0.381. The average molecular weight is 409 g/mol. The third kappa shape index (κ3) is 2.87. The van der Waals surface area contributed by atoms with Gasteiger partial charge in [-0.2, -0.15) is 0 Å². The number of aromatic amines is 1. The SMILES string of the molecule is Oc1ccc([C@@H]2NC[C@@H](c3ccc(Cl)cc3Cl)c3c2[nH]c2ccccc32)cc1. The highest BCUT2D eigenvalue weighted by atomic mass is 35.5. The summed E-state index contributed by atoms with van der Waals surface area (Å²) in [4.78, 5) is 3.62. The number of fused-ring (bicyclic) bond motifs is 3. The van der Waals surface area contributed by atoms with E-state index in [4.69, 9.17) is 23.2 Å². The predicted octanol–water partition coefficient (Wildman–Crippen LogP) is 6.00. The van der Waals surface area contributed by atoms with Gasteiger partial charge in [0.1, 0.15) is 5.75 Å². The Hall–Kier alpha value is -2.46. The molecule has 1 aliphatic rings. The zero-order valence-electron chi connectivity index (χ0n) is 14.9. The first-order chi connectivity index (χ1) is 13.6. The van der Waals surface area contributed by atoms with Crippen LogP contribution in [0.25, 0.3) is 10.9 Å². The van der Waals surface area contributed by atoms with Crippen molar-refractivity contribution < 1.29 is 5.11 Å². The van der Waals surface area contributed by atoms with Gasteiger partial charge in [-0.25, -0.2) is 0 Å². The summed E-state index contributed by atoms with van der Waals surface area (Å²) in [6.45, 7) is 0.752. The molecule has 0 aliphatic carbocycles. The molecule has 0 fully saturated rings. The van der Waals surface area contributed by atoms with E-state index in [0.29, 0.717) is 10.0 Å². The second-order valence-electron chi connectivity index (χ2n) is 7.15. The smallest absolute Gasteiger partial charge is 0.115 e. The van der Waals surface area contributed by atoms with Gasteiger partial charge in [0, 0.05) is 39.1 Å². The number of H-pyrrole nitrogens is 1. The lowest BCUT2D eigenvalue weighted by Crippen LogP contribution is -2.34. The van der Waals surface area contributed by atoms with Crippen molar-refractivity contribution in [3.05, 3.63) is 99.2 Å². The lowest BCUT2D eigenvalue weighted by Gasteiger charge is -2.32. The molecule has 0 saturated heterocycles. The van der Waals surface area contributed by atoms with Crippen LogP contribution in [0.1, 0.15) is 34.3 Å². The quantitative estimate of drug-likeness (QED) is 0.380. The monoisotopic (exact) mass is 408 g/mol. The van der Waals surface area contributed by atoms with Crippen molar-refractivity contribution in [2.75, 3.05) is 6.54 Å². The van der Waals surface area contributed by atoms with Gasteiger partial charge < -0.3 is 15.4 Å². The summed E-state index contributed by atoms with van der Waals surface area (Å²) in [7, 11) is 0. The lowest BCUT2D eigenvalue weighted by molar-refractivity contribution is 0.474. The number of nitrogens with one attached hydrogen (secondary N) is 2. The molecule has 5 heteroatoms. The summed E-state index contributed by atoms with van der Waals surface area (Å²) in [5.41, 5.74) is 5.67. The van der Waals surface area contributed by atoms with Crippen LogP contribution in [0.15, 0.2) is 66.7 Å². The van der Waals surface area contributed by atoms with E-state index in [1.165, 1.54) is 10.9 Å². The number of hydrogen-bond acceptors (Lipinski definition) is 2. The molecule has 0 bridgehead atoms. The normalized spacial score (nSPS) is 18.9. The van der Waals surface area contributed by atoms with Crippen LogP contribution in [0.4, 0.5) is 0 Å². The van der Waals surface area contributed by atoms with Crippen molar-refractivity contribution in [3.63, 3.8) is 0 Å². The largest absolute Gasteiger partial charge is 0.508 e. The minimum Gasteiger partial charge on any atom is -0.508 e. The van der Waals surface area contributed by atoms with Crippen molar-refractivity contribution in [1.29, 1.82) is 0 Å². The summed E-state index contributed by atoms with van der Waals surface area (Å²) in [5, 5.41) is 15.8. The third-order valence-corrected chi connectivity index (χ3v) is 6.07. The van der Waals surface area contributed by atoms with Crippen LogP contribution >= 0.6 is 23.2 Å². The van der Waals surface area contributed by atoms with Gasteiger partial charge in [0.05, 0.1) is 6.04 Å². The minimum atomic E-state index is 0.0188. The molecule has 0 unspecified atom stereocenters. The molecule has 1 aromatic heterocycles. The van der Waals surface area contributed by atoms with E-state index in [1.807, 2.05) is 30.3 Å². The van der Waals surface area contributed by atoms with Crippen LogP contribution in [-0.2, 0) is 0 Å². The Bertz CT molecular complexity index is 1170. The Morgan fingerprint density at radius 3 is 2.50 bits per heavy atom. The van der Waals surface area contributed by atoms with E-state index in [9.17, 15) is 5.11 Å². The number of para-hydroxylation sites is 1. The van der Waals surface area contributed by atoms with Crippen LogP contribution in [0.2, 0.25) is 10.0 Å². The van der Waals surface area contributed by atoms with E-state index in [1.54, 1.807) is 18.2 Å². The molecule has 3 N–H and O–H groups in total. The average Bonchev–Trinajstić information content (AvgIpc) is 3.08. The maximum atomic E-state index is 9.65. The fourth-order valence-electron chi connectivity index (χ4n) is 4.23. The van der Waals surface area contributed by atoms with Crippen LogP contribution in [-0.4, -0.2) is 16.6 Å². The molecule has 4 aromatic rings. The molecule has 3 aromatic carbocycles. The summed E-state index contributed by atoms with van der Waals surface area (Å²) >= 11 is 12.7. The van der Waals surface area contributed by atoms with Crippen LogP contribution in [0.5, 0.6) is 5.75 Å². The molecule has 2 atom stereocenters. The highest BCUT2D eigenvalue weighted by molar-refractivity contribution is 6.35. The number of rotatable bonds is 2. The van der Waals surface area contributed by atoms with Gasteiger partial charge in [0.15, 0.2) is 0 Å². The third-order valence-electron chi connectivity index (χ3n) is 5.50. The molecule has 0 saturated carbocycles. The number of phenols is 1. The second kappa shape index (κ2) is 6.85. The molecular formula is C23H18Cl2N2O.